The average molecular weight is 257 g/mol. The zero-order chi connectivity index (χ0) is 10.1. The van der Waals surface area contributed by atoms with E-state index in [0.717, 1.165) is 11.4 Å². The number of aromatic nitrogens is 1. The highest BCUT2D eigenvalue weighted by molar-refractivity contribution is 9.09. The number of carbonyl (C=O) groups is 1. The smallest absolute Gasteiger partial charge is 0.329 e. The van der Waals surface area contributed by atoms with Gasteiger partial charge >= 0.3 is 5.97 Å². The normalized spacial score (nSPS) is 23.9. The molecule has 0 amide bonds. The van der Waals surface area contributed by atoms with Crippen LogP contribution in [0.5, 0.6) is 0 Å². The Labute approximate surface area is 89.8 Å². The first kappa shape index (κ1) is 9.45. The minimum absolute atomic E-state index is 0.0707. The predicted octanol–water partition coefficient (Wildman–Crippen LogP) is 1.48. The number of anilines is 1. The summed E-state index contributed by atoms with van der Waals surface area (Å²) in [6, 6.07) is 3.39. The fraction of sp³-hybridized carbons (Fsp3) is 0.333. The van der Waals surface area contributed by atoms with Gasteiger partial charge in [-0.25, -0.2) is 9.78 Å². The molecule has 0 aromatic carbocycles. The van der Waals surface area contributed by atoms with E-state index < -0.39 is 0 Å². The number of nitrogens with zero attached hydrogens (tertiary/aromatic N) is 1. The monoisotopic (exact) mass is 256 g/mol. The van der Waals surface area contributed by atoms with Crippen molar-refractivity contribution in [2.24, 2.45) is 0 Å². The summed E-state index contributed by atoms with van der Waals surface area (Å²) in [4.78, 5) is 15.4. The average Bonchev–Trinajstić information content (AvgIpc) is 2.56. The van der Waals surface area contributed by atoms with Crippen LogP contribution in [-0.4, -0.2) is 24.1 Å². The third kappa shape index (κ3) is 1.37. The Morgan fingerprint density at radius 3 is 3.14 bits per heavy atom. The summed E-state index contributed by atoms with van der Waals surface area (Å²) in [5, 5.41) is 3.00. The number of esters is 1. The van der Waals surface area contributed by atoms with Gasteiger partial charge in [-0.05, 0) is 6.07 Å². The van der Waals surface area contributed by atoms with Gasteiger partial charge in [0.15, 0.2) is 0 Å². The van der Waals surface area contributed by atoms with Crippen LogP contribution >= 0.6 is 15.9 Å². The fourth-order valence-corrected chi connectivity index (χ4v) is 2.18. The molecule has 0 saturated carbocycles. The lowest BCUT2D eigenvalue weighted by Crippen LogP contribution is -2.29. The summed E-state index contributed by atoms with van der Waals surface area (Å²) in [5.41, 5.74) is 0.989. The van der Waals surface area contributed by atoms with E-state index in [1.165, 1.54) is 7.11 Å². The van der Waals surface area contributed by atoms with Gasteiger partial charge in [-0.2, -0.15) is 0 Å². The molecule has 2 rings (SSSR count). The number of pyridine rings is 1. The number of halogens is 1. The van der Waals surface area contributed by atoms with Gasteiger partial charge in [-0.1, -0.05) is 22.0 Å². The molecule has 1 aliphatic rings. The zero-order valence-electron chi connectivity index (χ0n) is 7.53. The Bertz CT molecular complexity index is 370. The highest BCUT2D eigenvalue weighted by Gasteiger charge is 2.36. The van der Waals surface area contributed by atoms with Gasteiger partial charge in [-0.3, -0.25) is 0 Å². The van der Waals surface area contributed by atoms with Gasteiger partial charge in [0.2, 0.25) is 0 Å². The summed E-state index contributed by atoms with van der Waals surface area (Å²) in [6.45, 7) is 0. The van der Waals surface area contributed by atoms with Gasteiger partial charge in [-0.15, -0.1) is 0 Å². The molecule has 0 aliphatic carbocycles. The Kier molecular flexibility index (Phi) is 2.41. The van der Waals surface area contributed by atoms with Crippen LogP contribution in [0.3, 0.4) is 0 Å². The number of alkyl halides is 1. The molecule has 1 aromatic rings. The topological polar surface area (TPSA) is 51.2 Å². The van der Waals surface area contributed by atoms with Crippen LogP contribution in [0, 0.1) is 0 Å². The maximum Gasteiger partial charge on any atom is 0.329 e. The Hall–Kier alpha value is -1.10. The second-order valence-electron chi connectivity index (χ2n) is 2.99. The van der Waals surface area contributed by atoms with Crippen molar-refractivity contribution >= 4 is 27.7 Å². The first-order valence-electron chi connectivity index (χ1n) is 4.17. The molecule has 0 fully saturated rings. The van der Waals surface area contributed by atoms with Crippen LogP contribution in [0.15, 0.2) is 18.3 Å². The van der Waals surface area contributed by atoms with Gasteiger partial charge in [0.05, 0.1) is 11.9 Å². The van der Waals surface area contributed by atoms with Gasteiger partial charge in [0.1, 0.15) is 11.9 Å². The molecule has 4 nitrogen and oxygen atoms in total. The first-order chi connectivity index (χ1) is 6.74. The molecule has 1 aromatic heterocycles. The molecule has 1 aliphatic heterocycles. The summed E-state index contributed by atoms with van der Waals surface area (Å²) < 4.78 is 4.68. The summed E-state index contributed by atoms with van der Waals surface area (Å²) in [5.74, 6) is 0.453. The molecule has 0 bridgehead atoms. The van der Waals surface area contributed by atoms with Crippen LogP contribution in [-0.2, 0) is 9.53 Å². The Morgan fingerprint density at radius 2 is 2.50 bits per heavy atom. The van der Waals surface area contributed by atoms with Gasteiger partial charge in [0.25, 0.3) is 0 Å². The molecular weight excluding hydrogens is 248 g/mol. The third-order valence-electron chi connectivity index (χ3n) is 2.18. The van der Waals surface area contributed by atoms with Crippen LogP contribution in [0.25, 0.3) is 0 Å². The van der Waals surface area contributed by atoms with E-state index in [4.69, 9.17) is 0 Å². The van der Waals surface area contributed by atoms with E-state index >= 15 is 0 Å². The minimum atomic E-state index is -0.384. The van der Waals surface area contributed by atoms with Crippen molar-refractivity contribution in [1.82, 2.24) is 4.98 Å². The number of nitrogens with one attached hydrogen (secondary N) is 1. The standard InChI is InChI=1S/C9H9BrN2O2/c1-14-9(13)7-6(10)5-3-2-4-11-8(5)12-7/h2-4,6-7H,1H3,(H,11,12). The summed E-state index contributed by atoms with van der Waals surface area (Å²) in [7, 11) is 1.38. The molecule has 2 unspecified atom stereocenters. The second-order valence-corrected chi connectivity index (χ2v) is 3.97. The minimum Gasteiger partial charge on any atom is -0.467 e. The maximum atomic E-state index is 11.4. The van der Waals surface area contributed by atoms with E-state index in [9.17, 15) is 4.79 Å². The van der Waals surface area contributed by atoms with Crippen molar-refractivity contribution in [2.75, 3.05) is 12.4 Å². The van der Waals surface area contributed by atoms with Gasteiger partial charge < -0.3 is 10.1 Å². The summed E-state index contributed by atoms with van der Waals surface area (Å²) >= 11 is 3.44. The molecule has 5 heteroatoms. The van der Waals surface area contributed by atoms with Gasteiger partial charge in [0, 0.05) is 11.8 Å². The molecule has 14 heavy (non-hydrogen) atoms. The quantitative estimate of drug-likeness (QED) is 0.611. The first-order valence-corrected chi connectivity index (χ1v) is 5.09. The van der Waals surface area contributed by atoms with Crippen LogP contribution < -0.4 is 5.32 Å². The highest BCUT2D eigenvalue weighted by Crippen LogP contribution is 2.38. The number of carbonyl (C=O) groups excluding carboxylic acids is 1. The van der Waals surface area contributed by atoms with Crippen molar-refractivity contribution in [3.05, 3.63) is 23.9 Å². The van der Waals surface area contributed by atoms with E-state index in [2.05, 4.69) is 31.0 Å². The molecule has 0 radical (unpaired) electrons. The van der Waals surface area contributed by atoms with Crippen molar-refractivity contribution in [1.29, 1.82) is 0 Å². The zero-order valence-corrected chi connectivity index (χ0v) is 9.11. The maximum absolute atomic E-state index is 11.4. The van der Waals surface area contributed by atoms with E-state index in [-0.39, 0.29) is 16.8 Å². The molecule has 0 spiro atoms. The number of fused-ring (bicyclic) bond motifs is 1. The predicted molar refractivity (Wildman–Crippen MR) is 55.3 cm³/mol. The SMILES string of the molecule is COC(=O)C1Nc2ncccc2C1Br. The van der Waals surface area contributed by atoms with Crippen molar-refractivity contribution in [3.8, 4) is 0 Å². The molecule has 0 saturated heterocycles. The Balaban J connectivity index is 2.30. The number of ether oxygens (including phenoxy) is 1. The highest BCUT2D eigenvalue weighted by atomic mass is 79.9. The number of methoxy groups -OCH3 is 1. The van der Waals surface area contributed by atoms with Crippen LogP contribution in [0.4, 0.5) is 5.82 Å². The molecule has 74 valence electrons. The lowest BCUT2D eigenvalue weighted by Gasteiger charge is -2.11. The summed E-state index contributed by atoms with van der Waals surface area (Å²) in [6.07, 6.45) is 1.69. The molecule has 1 N–H and O–H groups in total. The number of hydrogen-bond acceptors (Lipinski definition) is 4. The number of hydrogen-bond donors (Lipinski definition) is 1. The van der Waals surface area contributed by atoms with E-state index in [1.54, 1.807) is 6.20 Å². The fourth-order valence-electron chi connectivity index (χ4n) is 1.47. The van der Waals surface area contributed by atoms with Crippen molar-refractivity contribution < 1.29 is 9.53 Å². The number of rotatable bonds is 1. The molecule has 2 heterocycles. The van der Waals surface area contributed by atoms with E-state index in [0.29, 0.717) is 0 Å². The molecular formula is C9H9BrN2O2. The third-order valence-corrected chi connectivity index (χ3v) is 3.20. The lowest BCUT2D eigenvalue weighted by atomic mass is 10.1. The van der Waals surface area contributed by atoms with Crippen LogP contribution in [0.1, 0.15) is 10.4 Å². The largest absolute Gasteiger partial charge is 0.467 e. The van der Waals surface area contributed by atoms with Crippen LogP contribution in [0.2, 0.25) is 0 Å². The lowest BCUT2D eigenvalue weighted by molar-refractivity contribution is -0.141. The van der Waals surface area contributed by atoms with Crippen molar-refractivity contribution in [2.45, 2.75) is 10.9 Å². The van der Waals surface area contributed by atoms with Crippen molar-refractivity contribution in [3.63, 3.8) is 0 Å². The second kappa shape index (κ2) is 3.57. The van der Waals surface area contributed by atoms with E-state index in [1.807, 2.05) is 12.1 Å². The molecule has 2 atom stereocenters. The Morgan fingerprint density at radius 1 is 1.71 bits per heavy atom.